The van der Waals surface area contributed by atoms with Crippen LogP contribution in [0.3, 0.4) is 0 Å². The molecule has 2 aliphatic rings. The molecule has 1 aromatic rings. The molecule has 0 unspecified atom stereocenters. The topological polar surface area (TPSA) is 131 Å². The Hall–Kier alpha value is -2.63. The van der Waals surface area contributed by atoms with Crippen LogP contribution in [0.2, 0.25) is 5.02 Å². The van der Waals surface area contributed by atoms with Gasteiger partial charge in [-0.1, -0.05) is 11.6 Å². The highest BCUT2D eigenvalue weighted by Crippen LogP contribution is 2.26. The fourth-order valence-electron chi connectivity index (χ4n) is 3.74. The van der Waals surface area contributed by atoms with Crippen LogP contribution in [0.25, 0.3) is 0 Å². The van der Waals surface area contributed by atoms with Gasteiger partial charge in [0.25, 0.3) is 0 Å². The lowest BCUT2D eigenvalue weighted by molar-refractivity contribution is -0.149. The molecular formula is C21H26ClN3O7S. The summed E-state index contributed by atoms with van der Waals surface area (Å²) in [6, 6.07) is 4.80. The van der Waals surface area contributed by atoms with Crippen LogP contribution in [-0.2, 0) is 29.1 Å². The second kappa shape index (κ2) is 10.5. The molecule has 33 heavy (non-hydrogen) atoms. The van der Waals surface area contributed by atoms with Gasteiger partial charge in [-0.3, -0.25) is 4.79 Å². The van der Waals surface area contributed by atoms with Crippen LogP contribution in [0, 0.1) is 5.92 Å². The Labute approximate surface area is 197 Å². The Morgan fingerprint density at radius 1 is 1.15 bits per heavy atom. The van der Waals surface area contributed by atoms with E-state index in [4.69, 9.17) is 21.1 Å². The first-order valence-electron chi connectivity index (χ1n) is 10.5. The molecular weight excluding hydrogens is 474 g/mol. The van der Waals surface area contributed by atoms with Gasteiger partial charge in [0.1, 0.15) is 6.61 Å². The Morgan fingerprint density at radius 2 is 1.79 bits per heavy atom. The second-order valence-electron chi connectivity index (χ2n) is 7.67. The average molecular weight is 500 g/mol. The monoisotopic (exact) mass is 499 g/mol. The second-order valence-corrected chi connectivity index (χ2v) is 10.0. The molecule has 0 bridgehead atoms. The maximum absolute atomic E-state index is 12.8. The van der Waals surface area contributed by atoms with Gasteiger partial charge in [0.15, 0.2) is 0 Å². The van der Waals surface area contributed by atoms with Crippen molar-refractivity contribution in [2.45, 2.75) is 37.6 Å². The summed E-state index contributed by atoms with van der Waals surface area (Å²) in [4.78, 5) is 36.8. The van der Waals surface area contributed by atoms with Crippen LogP contribution < -0.4 is 10.6 Å². The Kier molecular flexibility index (Phi) is 7.98. The highest BCUT2D eigenvalue weighted by molar-refractivity contribution is 7.89. The highest BCUT2D eigenvalue weighted by Gasteiger charge is 2.34. The van der Waals surface area contributed by atoms with Crippen molar-refractivity contribution in [2.75, 3.05) is 26.3 Å². The number of sulfonamides is 1. The molecule has 1 fully saturated rings. The third kappa shape index (κ3) is 5.84. The number of nitrogens with zero attached hydrogens (tertiary/aromatic N) is 1. The van der Waals surface area contributed by atoms with E-state index in [0.717, 1.165) is 0 Å². The van der Waals surface area contributed by atoms with E-state index in [0.29, 0.717) is 17.9 Å². The van der Waals surface area contributed by atoms with Gasteiger partial charge in [0, 0.05) is 18.1 Å². The summed E-state index contributed by atoms with van der Waals surface area (Å²) >= 11 is 5.83. The zero-order valence-corrected chi connectivity index (χ0v) is 19.9. The van der Waals surface area contributed by atoms with Gasteiger partial charge < -0.3 is 20.1 Å². The minimum absolute atomic E-state index is 0.141. The van der Waals surface area contributed by atoms with Crippen molar-refractivity contribution in [2.24, 2.45) is 5.92 Å². The number of hydrogen-bond acceptors (Lipinski definition) is 7. The minimum Gasteiger partial charge on any atom is -0.463 e. The molecule has 1 atom stereocenters. The number of esters is 2. The molecule has 3 rings (SSSR count). The van der Waals surface area contributed by atoms with Gasteiger partial charge in [-0.15, -0.1) is 0 Å². The molecule has 2 heterocycles. The predicted octanol–water partition coefficient (Wildman–Crippen LogP) is 1.80. The maximum Gasteiger partial charge on any atom is 0.338 e. The lowest BCUT2D eigenvalue weighted by atomic mass is 9.98. The SMILES string of the molecule is CCOC(=O)C1=C(COC(=O)C2CCN(S(=O)(=O)c3ccc(Cl)cc3)CC2)NC(=O)N[C@H]1C. The number of ether oxygens (including phenoxy) is 2. The van der Waals surface area contributed by atoms with E-state index in [1.54, 1.807) is 13.8 Å². The molecule has 10 nitrogen and oxygen atoms in total. The number of carbonyl (C=O) groups excluding carboxylic acids is 3. The van der Waals surface area contributed by atoms with Crippen molar-refractivity contribution in [1.29, 1.82) is 0 Å². The normalized spacial score (nSPS) is 20.1. The van der Waals surface area contributed by atoms with Gasteiger partial charge in [0.05, 0.1) is 34.7 Å². The summed E-state index contributed by atoms with van der Waals surface area (Å²) < 4.78 is 37.3. The van der Waals surface area contributed by atoms with Gasteiger partial charge in [-0.05, 0) is 51.0 Å². The molecule has 180 valence electrons. The number of piperidine rings is 1. The molecule has 1 saturated heterocycles. The summed E-state index contributed by atoms with van der Waals surface area (Å²) in [6.45, 7) is 3.49. The molecule has 12 heteroatoms. The number of benzene rings is 1. The maximum atomic E-state index is 12.8. The largest absolute Gasteiger partial charge is 0.463 e. The van der Waals surface area contributed by atoms with Gasteiger partial charge in [0.2, 0.25) is 10.0 Å². The zero-order chi connectivity index (χ0) is 24.2. The van der Waals surface area contributed by atoms with Crippen LogP contribution in [0.5, 0.6) is 0 Å². The Balaban J connectivity index is 1.60. The molecule has 2 amide bonds. The molecule has 1 aromatic carbocycles. The first-order valence-corrected chi connectivity index (χ1v) is 12.3. The molecule has 2 N–H and O–H groups in total. The summed E-state index contributed by atoms with van der Waals surface area (Å²) in [5, 5.41) is 5.50. The van der Waals surface area contributed by atoms with E-state index < -0.39 is 40.0 Å². The first kappa shape index (κ1) is 25.0. The minimum atomic E-state index is -3.68. The summed E-state index contributed by atoms with van der Waals surface area (Å²) in [7, 11) is -3.68. The number of rotatable bonds is 7. The Bertz CT molecular complexity index is 1050. The number of amides is 2. The lowest BCUT2D eigenvalue weighted by Gasteiger charge is -2.30. The lowest BCUT2D eigenvalue weighted by Crippen LogP contribution is -2.50. The van der Waals surface area contributed by atoms with E-state index in [2.05, 4.69) is 10.6 Å². The van der Waals surface area contributed by atoms with Crippen molar-refractivity contribution in [3.63, 3.8) is 0 Å². The zero-order valence-electron chi connectivity index (χ0n) is 18.3. The number of nitrogens with one attached hydrogen (secondary N) is 2. The molecule has 0 aliphatic carbocycles. The smallest absolute Gasteiger partial charge is 0.338 e. The van der Waals surface area contributed by atoms with E-state index in [-0.39, 0.29) is 42.5 Å². The van der Waals surface area contributed by atoms with Crippen LogP contribution in [0.1, 0.15) is 26.7 Å². The van der Waals surface area contributed by atoms with Gasteiger partial charge >= 0.3 is 18.0 Å². The van der Waals surface area contributed by atoms with Crippen molar-refractivity contribution in [1.82, 2.24) is 14.9 Å². The number of carbonyl (C=O) groups is 3. The van der Waals surface area contributed by atoms with Crippen molar-refractivity contribution < 1.29 is 32.3 Å². The number of hydrogen-bond donors (Lipinski definition) is 2. The fourth-order valence-corrected chi connectivity index (χ4v) is 5.34. The van der Waals surface area contributed by atoms with Crippen LogP contribution in [0.4, 0.5) is 4.79 Å². The number of halogens is 1. The quantitative estimate of drug-likeness (QED) is 0.547. The summed E-state index contributed by atoms with van der Waals surface area (Å²) in [6.07, 6.45) is 0.583. The first-order chi connectivity index (χ1) is 15.6. The van der Waals surface area contributed by atoms with E-state index in [9.17, 15) is 22.8 Å². The Morgan fingerprint density at radius 3 is 2.39 bits per heavy atom. The molecule has 0 spiro atoms. The van der Waals surface area contributed by atoms with Crippen LogP contribution in [0.15, 0.2) is 40.4 Å². The van der Waals surface area contributed by atoms with Crippen molar-refractivity contribution in [3.8, 4) is 0 Å². The molecule has 0 radical (unpaired) electrons. The van der Waals surface area contributed by atoms with Crippen molar-refractivity contribution >= 4 is 39.6 Å². The molecule has 0 aromatic heterocycles. The van der Waals surface area contributed by atoms with E-state index in [1.807, 2.05) is 0 Å². The summed E-state index contributed by atoms with van der Waals surface area (Å²) in [5.41, 5.74) is 0.355. The van der Waals surface area contributed by atoms with Crippen LogP contribution >= 0.6 is 11.6 Å². The average Bonchev–Trinajstić information content (AvgIpc) is 2.77. The van der Waals surface area contributed by atoms with E-state index in [1.165, 1.54) is 28.6 Å². The van der Waals surface area contributed by atoms with Gasteiger partial charge in [-0.2, -0.15) is 4.31 Å². The third-order valence-electron chi connectivity index (χ3n) is 5.46. The van der Waals surface area contributed by atoms with Crippen LogP contribution in [-0.4, -0.2) is 63.0 Å². The highest BCUT2D eigenvalue weighted by atomic mass is 35.5. The van der Waals surface area contributed by atoms with E-state index >= 15 is 0 Å². The predicted molar refractivity (Wildman–Crippen MR) is 119 cm³/mol. The van der Waals surface area contributed by atoms with Gasteiger partial charge in [-0.25, -0.2) is 18.0 Å². The number of urea groups is 1. The molecule has 2 aliphatic heterocycles. The summed E-state index contributed by atoms with van der Waals surface area (Å²) in [5.74, 6) is -1.62. The standard InChI is InChI=1S/C21H26ClN3O7S/c1-3-31-20(27)18-13(2)23-21(28)24-17(18)12-32-19(26)14-8-10-25(11-9-14)33(29,30)16-6-4-15(22)5-7-16/h4-7,13-14H,3,8-12H2,1-2H3,(H2,23,24,28)/t13-/m0/s1. The van der Waals surface area contributed by atoms with Crippen molar-refractivity contribution in [3.05, 3.63) is 40.6 Å². The fraction of sp³-hybridized carbons (Fsp3) is 0.476. The third-order valence-corrected chi connectivity index (χ3v) is 7.63. The molecule has 0 saturated carbocycles.